The van der Waals surface area contributed by atoms with Crippen LogP contribution in [0.25, 0.3) is 10.2 Å². The predicted molar refractivity (Wildman–Crippen MR) is 97.2 cm³/mol. The number of hydrogen-bond donors (Lipinski definition) is 0. The van der Waals surface area contributed by atoms with Crippen molar-refractivity contribution in [1.29, 1.82) is 0 Å². The van der Waals surface area contributed by atoms with Crippen LogP contribution in [0.4, 0.5) is 0 Å². The van der Waals surface area contributed by atoms with E-state index < -0.39 is 0 Å². The number of fused-ring (bicyclic) bond motifs is 1. The summed E-state index contributed by atoms with van der Waals surface area (Å²) < 4.78 is 5.14. The van der Waals surface area contributed by atoms with Crippen LogP contribution in [0.5, 0.6) is 0 Å². The van der Waals surface area contributed by atoms with Crippen LogP contribution >= 0.6 is 43.2 Å². The minimum Gasteiger partial charge on any atom is -0.317 e. The summed E-state index contributed by atoms with van der Waals surface area (Å²) in [7, 11) is 0. The lowest BCUT2D eigenvalue weighted by Gasteiger charge is -2.00. The molecule has 112 valence electrons. The summed E-state index contributed by atoms with van der Waals surface area (Å²) in [6.07, 6.45) is 0. The molecular weight excluding hydrogens is 428 g/mol. The highest BCUT2D eigenvalue weighted by atomic mass is 79.9. The van der Waals surface area contributed by atoms with Crippen molar-refractivity contribution in [2.24, 2.45) is 4.99 Å². The lowest BCUT2D eigenvalue weighted by Crippen LogP contribution is -2.15. The summed E-state index contributed by atoms with van der Waals surface area (Å²) in [4.78, 5) is 17.4. The van der Waals surface area contributed by atoms with Gasteiger partial charge in [-0.3, -0.25) is 4.79 Å². The molecule has 0 aliphatic carbocycles. The van der Waals surface area contributed by atoms with Crippen LogP contribution < -0.4 is 4.80 Å². The zero-order chi connectivity index (χ0) is 15.7. The maximum absolute atomic E-state index is 12.3. The molecule has 0 saturated carbocycles. The second-order valence-electron chi connectivity index (χ2n) is 4.66. The van der Waals surface area contributed by atoms with E-state index in [1.807, 2.05) is 24.3 Å². The lowest BCUT2D eigenvalue weighted by molar-refractivity contribution is 0.0998. The van der Waals surface area contributed by atoms with Gasteiger partial charge < -0.3 is 4.57 Å². The molecule has 0 unspecified atom stereocenters. The van der Waals surface area contributed by atoms with Crippen LogP contribution in [0.15, 0.2) is 56.4 Å². The fraction of sp³-hybridized carbons (Fsp3) is 0.125. The average Bonchev–Trinajstić information content (AvgIpc) is 2.83. The molecule has 0 spiro atoms. The molecule has 6 heteroatoms. The van der Waals surface area contributed by atoms with Gasteiger partial charge >= 0.3 is 0 Å². The number of rotatable bonds is 2. The Morgan fingerprint density at radius 1 is 1.14 bits per heavy atom. The van der Waals surface area contributed by atoms with E-state index in [9.17, 15) is 4.79 Å². The Morgan fingerprint density at radius 3 is 2.50 bits per heavy atom. The number of hydrogen-bond acceptors (Lipinski definition) is 2. The Hall–Kier alpha value is -1.24. The Balaban J connectivity index is 2.12. The molecule has 0 aliphatic rings. The van der Waals surface area contributed by atoms with E-state index in [-0.39, 0.29) is 5.91 Å². The van der Waals surface area contributed by atoms with Crippen molar-refractivity contribution in [3.05, 3.63) is 61.8 Å². The van der Waals surface area contributed by atoms with Crippen LogP contribution in [-0.4, -0.2) is 10.5 Å². The van der Waals surface area contributed by atoms with Crippen molar-refractivity contribution in [1.82, 2.24) is 4.57 Å². The van der Waals surface area contributed by atoms with Crippen LogP contribution in [0.2, 0.25) is 0 Å². The highest BCUT2D eigenvalue weighted by molar-refractivity contribution is 9.10. The van der Waals surface area contributed by atoms with Gasteiger partial charge in [-0.15, -0.1) is 0 Å². The van der Waals surface area contributed by atoms with Gasteiger partial charge in [0.2, 0.25) is 0 Å². The number of amides is 1. The summed E-state index contributed by atoms with van der Waals surface area (Å²) in [6, 6.07) is 13.3. The molecule has 3 aromatic rings. The van der Waals surface area contributed by atoms with Crippen LogP contribution in [0, 0.1) is 0 Å². The molecule has 1 amide bonds. The Morgan fingerprint density at radius 2 is 1.82 bits per heavy atom. The molecule has 0 N–H and O–H groups in total. The Labute approximate surface area is 148 Å². The number of benzene rings is 2. The summed E-state index contributed by atoms with van der Waals surface area (Å²) in [5.41, 5.74) is 1.68. The molecule has 0 saturated heterocycles. The second-order valence-corrected chi connectivity index (χ2v) is 7.51. The third-order valence-electron chi connectivity index (χ3n) is 3.25. The van der Waals surface area contributed by atoms with E-state index >= 15 is 0 Å². The van der Waals surface area contributed by atoms with Crippen molar-refractivity contribution in [2.45, 2.75) is 13.5 Å². The molecule has 0 aliphatic heterocycles. The van der Waals surface area contributed by atoms with Gasteiger partial charge in [0.15, 0.2) is 4.80 Å². The average molecular weight is 440 g/mol. The van der Waals surface area contributed by atoms with Crippen molar-refractivity contribution in [2.75, 3.05) is 0 Å². The molecule has 2 aromatic carbocycles. The fourth-order valence-electron chi connectivity index (χ4n) is 2.18. The molecule has 1 aromatic heterocycles. The summed E-state index contributed by atoms with van der Waals surface area (Å²) in [5.74, 6) is -0.222. The maximum Gasteiger partial charge on any atom is 0.279 e. The molecule has 3 nitrogen and oxygen atoms in total. The normalized spacial score (nSPS) is 12.0. The van der Waals surface area contributed by atoms with E-state index in [1.54, 1.807) is 12.1 Å². The molecular formula is C16H12Br2N2OS. The largest absolute Gasteiger partial charge is 0.317 e. The first-order valence-corrected chi connectivity index (χ1v) is 9.12. The summed E-state index contributed by atoms with van der Waals surface area (Å²) in [5, 5.41) is 0. The van der Waals surface area contributed by atoms with Gasteiger partial charge in [0, 0.05) is 21.1 Å². The number of nitrogens with zero attached hydrogens (tertiary/aromatic N) is 2. The molecule has 1 heterocycles. The second kappa shape index (κ2) is 6.48. The zero-order valence-electron chi connectivity index (χ0n) is 11.7. The van der Waals surface area contributed by atoms with E-state index in [2.05, 4.69) is 54.4 Å². The number of carbonyl (C=O) groups is 1. The van der Waals surface area contributed by atoms with Crippen molar-refractivity contribution in [3.8, 4) is 0 Å². The van der Waals surface area contributed by atoms with Crippen molar-refractivity contribution >= 4 is 59.3 Å². The van der Waals surface area contributed by atoms with Crippen LogP contribution in [0.3, 0.4) is 0 Å². The van der Waals surface area contributed by atoms with Gasteiger partial charge in [0.25, 0.3) is 5.91 Å². The van der Waals surface area contributed by atoms with Crippen LogP contribution in [-0.2, 0) is 6.54 Å². The van der Waals surface area contributed by atoms with Gasteiger partial charge in [0.1, 0.15) is 0 Å². The molecule has 0 fully saturated rings. The van der Waals surface area contributed by atoms with E-state index in [4.69, 9.17) is 0 Å². The van der Waals surface area contributed by atoms with E-state index in [0.29, 0.717) is 5.56 Å². The predicted octanol–water partition coefficient (Wildman–Crippen LogP) is 4.99. The maximum atomic E-state index is 12.3. The smallest absolute Gasteiger partial charge is 0.279 e. The highest BCUT2D eigenvalue weighted by Crippen LogP contribution is 2.22. The minimum absolute atomic E-state index is 0.222. The van der Waals surface area contributed by atoms with Gasteiger partial charge in [-0.1, -0.05) is 43.2 Å². The minimum atomic E-state index is -0.222. The number of aromatic nitrogens is 1. The first-order chi connectivity index (χ1) is 10.6. The molecule has 0 atom stereocenters. The molecule has 0 bridgehead atoms. The third-order valence-corrected chi connectivity index (χ3v) is 5.31. The Bertz CT molecular complexity index is 910. The van der Waals surface area contributed by atoms with Crippen LogP contribution in [0.1, 0.15) is 17.3 Å². The monoisotopic (exact) mass is 438 g/mol. The van der Waals surface area contributed by atoms with E-state index in [1.165, 1.54) is 11.3 Å². The van der Waals surface area contributed by atoms with Crippen molar-refractivity contribution in [3.63, 3.8) is 0 Å². The third kappa shape index (κ3) is 3.09. The highest BCUT2D eigenvalue weighted by Gasteiger charge is 2.08. The molecule has 3 rings (SSSR count). The number of aryl methyl sites for hydroxylation is 1. The van der Waals surface area contributed by atoms with Gasteiger partial charge in [-0.25, -0.2) is 0 Å². The fourth-order valence-corrected chi connectivity index (χ4v) is 4.09. The van der Waals surface area contributed by atoms with E-state index in [0.717, 1.165) is 30.5 Å². The zero-order valence-corrected chi connectivity index (χ0v) is 15.7. The topological polar surface area (TPSA) is 34.4 Å². The Kier molecular flexibility index (Phi) is 4.61. The first-order valence-electron chi connectivity index (χ1n) is 6.72. The number of halogens is 2. The summed E-state index contributed by atoms with van der Waals surface area (Å²) in [6.45, 7) is 2.82. The molecule has 22 heavy (non-hydrogen) atoms. The molecule has 0 radical (unpaired) electrons. The van der Waals surface area contributed by atoms with Gasteiger partial charge in [-0.2, -0.15) is 4.99 Å². The number of carbonyl (C=O) groups excluding carboxylic acids is 1. The lowest BCUT2D eigenvalue weighted by atomic mass is 10.2. The van der Waals surface area contributed by atoms with Gasteiger partial charge in [-0.05, 0) is 49.4 Å². The number of thiazole rings is 1. The summed E-state index contributed by atoms with van der Waals surface area (Å²) >= 11 is 8.37. The quantitative estimate of drug-likeness (QED) is 0.553. The SMILES string of the molecule is CCn1c(=NC(=O)c2ccc(Br)cc2)sc2cc(Br)ccc21. The van der Waals surface area contributed by atoms with Crippen molar-refractivity contribution < 1.29 is 4.79 Å². The first kappa shape index (κ1) is 15.6. The standard InChI is InChI=1S/C16H12Br2N2OS/c1-2-20-13-8-7-12(18)9-14(13)22-16(20)19-15(21)10-3-5-11(17)6-4-10/h3-9H,2H2,1H3. The van der Waals surface area contributed by atoms with Gasteiger partial charge in [0.05, 0.1) is 10.2 Å².